The maximum Gasteiger partial charge on any atom is 0.232 e. The van der Waals surface area contributed by atoms with Crippen LogP contribution < -0.4 is 5.32 Å². The van der Waals surface area contributed by atoms with Gasteiger partial charge < -0.3 is 9.84 Å². The molecule has 1 heterocycles. The Balaban J connectivity index is 1.50. The molecule has 3 aromatic rings. The van der Waals surface area contributed by atoms with E-state index in [2.05, 4.69) is 10.5 Å². The second-order valence-electron chi connectivity index (χ2n) is 6.56. The molecule has 1 fully saturated rings. The fourth-order valence-corrected chi connectivity index (χ4v) is 3.02. The Morgan fingerprint density at radius 1 is 1.07 bits per heavy atom. The van der Waals surface area contributed by atoms with Crippen molar-refractivity contribution in [2.24, 2.45) is 0 Å². The molecule has 4 nitrogen and oxygen atoms in total. The van der Waals surface area contributed by atoms with Crippen molar-refractivity contribution in [2.75, 3.05) is 0 Å². The van der Waals surface area contributed by atoms with E-state index in [0.717, 1.165) is 12.1 Å². The lowest BCUT2D eigenvalue weighted by Crippen LogP contribution is -2.34. The van der Waals surface area contributed by atoms with Crippen molar-refractivity contribution in [3.8, 4) is 11.3 Å². The SMILES string of the molecule is O=C(NCc1ccc(F)cc1F)C1(c2cc(-c3ccccc3F)on2)CC1. The number of nitrogens with one attached hydrogen (secondary N) is 1. The molecule has 0 bridgehead atoms. The van der Waals surface area contributed by atoms with Gasteiger partial charge in [-0.25, -0.2) is 13.2 Å². The Bertz CT molecular complexity index is 1010. The molecule has 138 valence electrons. The summed E-state index contributed by atoms with van der Waals surface area (Å²) in [6, 6.07) is 10.9. The number of nitrogens with zero attached hydrogens (tertiary/aromatic N) is 1. The number of aromatic nitrogens is 1. The molecule has 27 heavy (non-hydrogen) atoms. The van der Waals surface area contributed by atoms with Crippen molar-refractivity contribution in [2.45, 2.75) is 24.8 Å². The van der Waals surface area contributed by atoms with Crippen molar-refractivity contribution >= 4 is 5.91 Å². The number of halogens is 3. The Morgan fingerprint density at radius 2 is 1.85 bits per heavy atom. The highest BCUT2D eigenvalue weighted by Crippen LogP contribution is 2.48. The molecule has 1 saturated carbocycles. The zero-order valence-corrected chi connectivity index (χ0v) is 14.1. The molecule has 2 aromatic carbocycles. The molecule has 0 atom stereocenters. The molecule has 0 spiro atoms. The first-order valence-electron chi connectivity index (χ1n) is 8.44. The minimum absolute atomic E-state index is 0.0648. The van der Waals surface area contributed by atoms with Crippen LogP contribution >= 0.6 is 0 Å². The van der Waals surface area contributed by atoms with Gasteiger partial charge in [-0.2, -0.15) is 0 Å². The lowest BCUT2D eigenvalue weighted by Gasteiger charge is -2.12. The minimum atomic E-state index is -0.858. The van der Waals surface area contributed by atoms with E-state index in [9.17, 15) is 18.0 Å². The summed E-state index contributed by atoms with van der Waals surface area (Å²) in [6.45, 7) is -0.0648. The predicted octanol–water partition coefficient (Wildman–Crippen LogP) is 4.11. The zero-order chi connectivity index (χ0) is 19.0. The minimum Gasteiger partial charge on any atom is -0.356 e. The van der Waals surface area contributed by atoms with Crippen LogP contribution in [0.2, 0.25) is 0 Å². The van der Waals surface area contributed by atoms with E-state index in [4.69, 9.17) is 4.52 Å². The molecule has 0 radical (unpaired) electrons. The lowest BCUT2D eigenvalue weighted by molar-refractivity contribution is -0.123. The fraction of sp³-hybridized carbons (Fsp3) is 0.200. The highest BCUT2D eigenvalue weighted by molar-refractivity contribution is 5.91. The average molecular weight is 372 g/mol. The third kappa shape index (κ3) is 3.20. The number of hydrogen-bond donors (Lipinski definition) is 1. The summed E-state index contributed by atoms with van der Waals surface area (Å²) in [5.41, 5.74) is 0.00943. The van der Waals surface area contributed by atoms with Gasteiger partial charge in [0.05, 0.1) is 16.7 Å². The van der Waals surface area contributed by atoms with Crippen molar-refractivity contribution in [1.29, 1.82) is 0 Å². The summed E-state index contributed by atoms with van der Waals surface area (Å²) in [5.74, 6) is -1.92. The van der Waals surface area contributed by atoms with Crippen molar-refractivity contribution in [3.05, 3.63) is 77.2 Å². The van der Waals surface area contributed by atoms with Gasteiger partial charge >= 0.3 is 0 Å². The van der Waals surface area contributed by atoms with Crippen LogP contribution in [0.4, 0.5) is 13.2 Å². The standard InChI is InChI=1S/C20H15F3N2O2/c21-13-6-5-12(16(23)9-13)11-24-19(26)20(7-8-20)18-10-17(27-25-18)14-3-1-2-4-15(14)22/h1-6,9-10H,7-8,11H2,(H,24,26). The number of carbonyl (C=O) groups excluding carboxylic acids is 1. The molecule has 7 heteroatoms. The van der Waals surface area contributed by atoms with Gasteiger partial charge in [0, 0.05) is 24.2 Å². The van der Waals surface area contributed by atoms with Crippen LogP contribution in [-0.4, -0.2) is 11.1 Å². The van der Waals surface area contributed by atoms with Gasteiger partial charge in [-0.3, -0.25) is 4.79 Å². The summed E-state index contributed by atoms with van der Waals surface area (Å²) in [4.78, 5) is 12.6. The van der Waals surface area contributed by atoms with Crippen molar-refractivity contribution in [1.82, 2.24) is 10.5 Å². The van der Waals surface area contributed by atoms with Crippen LogP contribution in [0.15, 0.2) is 53.1 Å². The summed E-state index contributed by atoms with van der Waals surface area (Å²) >= 11 is 0. The van der Waals surface area contributed by atoms with E-state index in [1.165, 1.54) is 12.1 Å². The van der Waals surface area contributed by atoms with Gasteiger partial charge in [-0.15, -0.1) is 0 Å². The fourth-order valence-electron chi connectivity index (χ4n) is 3.02. The Kier molecular flexibility index (Phi) is 4.22. The first-order valence-corrected chi connectivity index (χ1v) is 8.44. The second-order valence-corrected chi connectivity index (χ2v) is 6.56. The lowest BCUT2D eigenvalue weighted by atomic mass is 10.00. The van der Waals surface area contributed by atoms with Gasteiger partial charge in [0.2, 0.25) is 5.91 Å². The van der Waals surface area contributed by atoms with Crippen LogP contribution in [-0.2, 0) is 16.8 Å². The summed E-state index contributed by atoms with van der Waals surface area (Å²) in [6.07, 6.45) is 1.13. The molecule has 1 aromatic heterocycles. The van der Waals surface area contributed by atoms with Crippen LogP contribution in [0, 0.1) is 17.5 Å². The smallest absolute Gasteiger partial charge is 0.232 e. The second kappa shape index (κ2) is 6.57. The maximum atomic E-state index is 13.9. The third-order valence-electron chi connectivity index (χ3n) is 4.78. The van der Waals surface area contributed by atoms with Crippen molar-refractivity contribution in [3.63, 3.8) is 0 Å². The van der Waals surface area contributed by atoms with Gasteiger partial charge in [0.15, 0.2) is 5.76 Å². The highest BCUT2D eigenvalue weighted by atomic mass is 19.1. The predicted molar refractivity (Wildman–Crippen MR) is 91.0 cm³/mol. The molecule has 0 unspecified atom stereocenters. The van der Waals surface area contributed by atoms with Crippen LogP contribution in [0.1, 0.15) is 24.1 Å². The molecule has 0 aliphatic heterocycles. The van der Waals surface area contributed by atoms with Crippen LogP contribution in [0.25, 0.3) is 11.3 Å². The Hall–Kier alpha value is -3.09. The van der Waals surface area contributed by atoms with E-state index in [0.29, 0.717) is 18.5 Å². The van der Waals surface area contributed by atoms with Gasteiger partial charge in [-0.05, 0) is 31.0 Å². The third-order valence-corrected chi connectivity index (χ3v) is 4.78. The van der Waals surface area contributed by atoms with E-state index >= 15 is 0 Å². The monoisotopic (exact) mass is 372 g/mol. The van der Waals surface area contributed by atoms with Crippen LogP contribution in [0.3, 0.4) is 0 Å². The van der Waals surface area contributed by atoms with E-state index < -0.39 is 22.9 Å². The molecule has 1 N–H and O–H groups in total. The number of benzene rings is 2. The highest BCUT2D eigenvalue weighted by Gasteiger charge is 2.53. The Morgan fingerprint density at radius 3 is 2.56 bits per heavy atom. The van der Waals surface area contributed by atoms with E-state index in [1.807, 2.05) is 0 Å². The molecule has 1 aliphatic rings. The summed E-state index contributed by atoms with van der Waals surface area (Å²) in [5, 5.41) is 6.61. The number of rotatable bonds is 5. The molecule has 0 saturated heterocycles. The molecule has 1 aliphatic carbocycles. The van der Waals surface area contributed by atoms with E-state index in [-0.39, 0.29) is 29.3 Å². The molecular formula is C20H15F3N2O2. The largest absolute Gasteiger partial charge is 0.356 e. The van der Waals surface area contributed by atoms with Gasteiger partial charge in [0.1, 0.15) is 17.5 Å². The normalized spacial score (nSPS) is 14.8. The van der Waals surface area contributed by atoms with E-state index in [1.54, 1.807) is 24.3 Å². The first kappa shape index (κ1) is 17.3. The average Bonchev–Trinajstić information content (AvgIpc) is 3.32. The Labute approximate surface area is 153 Å². The first-order chi connectivity index (χ1) is 13.0. The zero-order valence-electron chi connectivity index (χ0n) is 14.1. The molecule has 1 amide bonds. The van der Waals surface area contributed by atoms with Gasteiger partial charge in [-0.1, -0.05) is 23.4 Å². The maximum absolute atomic E-state index is 13.9. The van der Waals surface area contributed by atoms with Gasteiger partial charge in [0.25, 0.3) is 0 Å². The van der Waals surface area contributed by atoms with Crippen LogP contribution in [0.5, 0.6) is 0 Å². The molecule has 4 rings (SSSR count). The summed E-state index contributed by atoms with van der Waals surface area (Å²) < 4.78 is 45.8. The summed E-state index contributed by atoms with van der Waals surface area (Å²) in [7, 11) is 0. The topological polar surface area (TPSA) is 55.1 Å². The molecular weight excluding hydrogens is 357 g/mol. The number of amides is 1. The van der Waals surface area contributed by atoms with Crippen molar-refractivity contribution < 1.29 is 22.5 Å². The quantitative estimate of drug-likeness (QED) is 0.733. The number of carbonyl (C=O) groups is 1. The number of hydrogen-bond acceptors (Lipinski definition) is 3.